The van der Waals surface area contributed by atoms with Crippen LogP contribution in [0.15, 0.2) is 12.4 Å². The Morgan fingerprint density at radius 3 is 2.39 bits per heavy atom. The summed E-state index contributed by atoms with van der Waals surface area (Å²) < 4.78 is 82.9. The van der Waals surface area contributed by atoms with E-state index in [0.29, 0.717) is 26.2 Å². The van der Waals surface area contributed by atoms with Crippen molar-refractivity contribution in [3.8, 4) is 0 Å². The number of aromatic nitrogens is 2. The lowest BCUT2D eigenvalue weighted by Crippen LogP contribution is -2.64. The van der Waals surface area contributed by atoms with Gasteiger partial charge in [-0.05, 0) is 6.92 Å². The molecule has 1 aromatic rings. The van der Waals surface area contributed by atoms with Crippen molar-refractivity contribution in [3.05, 3.63) is 18.0 Å². The van der Waals surface area contributed by atoms with Gasteiger partial charge < -0.3 is 19.9 Å². The maximum absolute atomic E-state index is 13.2. The highest BCUT2D eigenvalue weighted by molar-refractivity contribution is 5.80. The minimum atomic E-state index is -4.69. The number of nitrogens with zero attached hydrogens (tertiary/aromatic N) is 4. The molecule has 3 atom stereocenters. The van der Waals surface area contributed by atoms with Gasteiger partial charge in [0.15, 0.2) is 5.92 Å². The largest absolute Gasteiger partial charge is 0.419 e. The molecule has 2 aliphatic heterocycles. The number of hydrogen-bond donors (Lipinski definition) is 3. The number of piperazine rings is 1. The number of amides is 2. The number of rotatable bonds is 8. The highest BCUT2D eigenvalue weighted by Crippen LogP contribution is 2.30. The fourth-order valence-corrected chi connectivity index (χ4v) is 3.94. The Labute approximate surface area is 202 Å². The first-order valence-corrected chi connectivity index (χ1v) is 11.2. The molecule has 3 N–H and O–H groups in total. The number of carbonyl (C=O) groups is 2. The average molecular weight is 527 g/mol. The van der Waals surface area contributed by atoms with Gasteiger partial charge in [0.25, 0.3) is 0 Å². The number of nitrogens with one attached hydrogen (secondary N) is 3. The smallest absolute Gasteiger partial charge is 0.379 e. The van der Waals surface area contributed by atoms with Crippen LogP contribution in [0.25, 0.3) is 0 Å². The third-order valence-corrected chi connectivity index (χ3v) is 5.78. The molecule has 0 bridgehead atoms. The van der Waals surface area contributed by atoms with Crippen LogP contribution in [0.2, 0.25) is 0 Å². The van der Waals surface area contributed by atoms with Crippen molar-refractivity contribution >= 4 is 17.8 Å². The molecule has 2 unspecified atom stereocenters. The van der Waals surface area contributed by atoms with Crippen LogP contribution in [-0.4, -0.2) is 90.9 Å². The molecule has 0 saturated carbocycles. The molecule has 0 aromatic carbocycles. The van der Waals surface area contributed by atoms with Crippen LogP contribution >= 0.6 is 0 Å². The third-order valence-electron chi connectivity index (χ3n) is 5.78. The van der Waals surface area contributed by atoms with Crippen LogP contribution in [0.3, 0.4) is 0 Å². The summed E-state index contributed by atoms with van der Waals surface area (Å²) in [5.74, 6) is -3.38. The first kappa shape index (κ1) is 27.9. The Kier molecular flexibility index (Phi) is 8.94. The lowest BCUT2D eigenvalue weighted by molar-refractivity contribution is -0.193. The molecule has 2 fully saturated rings. The van der Waals surface area contributed by atoms with Gasteiger partial charge in [-0.2, -0.15) is 26.3 Å². The van der Waals surface area contributed by atoms with Gasteiger partial charge in [-0.1, -0.05) is 0 Å². The van der Waals surface area contributed by atoms with E-state index < -0.39 is 41.8 Å². The van der Waals surface area contributed by atoms with Crippen molar-refractivity contribution in [2.24, 2.45) is 5.92 Å². The summed E-state index contributed by atoms with van der Waals surface area (Å²) in [5, 5.41) is 2.75. The first-order valence-electron chi connectivity index (χ1n) is 11.2. The Bertz CT molecular complexity index is 891. The van der Waals surface area contributed by atoms with E-state index in [2.05, 4.69) is 20.7 Å². The molecule has 3 rings (SSSR count). The van der Waals surface area contributed by atoms with Crippen molar-refractivity contribution < 1.29 is 40.7 Å². The summed E-state index contributed by atoms with van der Waals surface area (Å²) in [6, 6.07) is -1.67. The number of ether oxygens (including phenoxy) is 1. The van der Waals surface area contributed by atoms with Crippen LogP contribution < -0.4 is 21.1 Å². The fourth-order valence-electron chi connectivity index (χ4n) is 3.94. The number of halogens is 6. The highest BCUT2D eigenvalue weighted by Gasteiger charge is 2.51. The molecule has 0 radical (unpaired) electrons. The van der Waals surface area contributed by atoms with E-state index in [1.54, 1.807) is 16.7 Å². The Balaban J connectivity index is 1.36. The monoisotopic (exact) mass is 527 g/mol. The van der Waals surface area contributed by atoms with E-state index in [4.69, 9.17) is 4.74 Å². The van der Waals surface area contributed by atoms with E-state index in [1.807, 2.05) is 5.43 Å². The zero-order chi connectivity index (χ0) is 26.5. The van der Waals surface area contributed by atoms with Crippen molar-refractivity contribution in [1.29, 1.82) is 0 Å². The lowest BCUT2D eigenvalue weighted by atomic mass is 9.96. The zero-order valence-corrected chi connectivity index (χ0v) is 19.3. The molecule has 0 spiro atoms. The predicted molar refractivity (Wildman–Crippen MR) is 113 cm³/mol. The van der Waals surface area contributed by atoms with Crippen molar-refractivity contribution in [3.63, 3.8) is 0 Å². The fraction of sp³-hybridized carbons (Fsp3) is 0.700. The molecule has 0 aliphatic carbocycles. The molecule has 10 nitrogen and oxygen atoms in total. The van der Waals surface area contributed by atoms with Crippen molar-refractivity contribution in [1.82, 2.24) is 31.0 Å². The van der Waals surface area contributed by atoms with Gasteiger partial charge in [0.1, 0.15) is 0 Å². The molecule has 2 amide bonds. The minimum absolute atomic E-state index is 0.0367. The van der Waals surface area contributed by atoms with E-state index >= 15 is 0 Å². The second-order valence-electron chi connectivity index (χ2n) is 8.53. The molecule has 16 heteroatoms. The topological polar surface area (TPSA) is 112 Å². The SMILES string of the molecule is C[C@@H](COCCC(=O)N1CCN(c2ncc(C(F)(F)F)cn2)CC1)NC1CNNC(=O)C1C(F)(F)F. The van der Waals surface area contributed by atoms with Gasteiger partial charge in [0, 0.05) is 57.2 Å². The quantitative estimate of drug-likeness (QED) is 0.335. The predicted octanol–water partition coefficient (Wildman–Crippen LogP) is 0.710. The Hall–Kier alpha value is -2.72. The standard InChI is InChI=1S/C20H27F6N7O3/c1-12(30-14-10-29-31-17(35)16(14)20(24,25)26)11-36-7-2-15(34)32-3-5-33(6-4-32)18-27-8-13(9-28-18)19(21,22)23/h8-9,12,14,16,29-30H,2-7,10-11H2,1H3,(H,31,35)/t12-,14?,16?/m0/s1. The molecular formula is C20H27F6N7O3. The number of hydrogen-bond acceptors (Lipinski definition) is 8. The third kappa shape index (κ3) is 7.39. The highest BCUT2D eigenvalue weighted by atomic mass is 19.4. The molecule has 1 aromatic heterocycles. The van der Waals surface area contributed by atoms with E-state index in [9.17, 15) is 35.9 Å². The van der Waals surface area contributed by atoms with Crippen LogP contribution in [0, 0.1) is 5.92 Å². The number of anilines is 1. The summed E-state index contributed by atoms with van der Waals surface area (Å²) in [5.41, 5.74) is 3.47. The van der Waals surface area contributed by atoms with Gasteiger partial charge in [-0.15, -0.1) is 0 Å². The van der Waals surface area contributed by atoms with Gasteiger partial charge >= 0.3 is 12.4 Å². The second-order valence-corrected chi connectivity index (χ2v) is 8.53. The van der Waals surface area contributed by atoms with Crippen LogP contribution in [-0.2, 0) is 20.5 Å². The van der Waals surface area contributed by atoms with Gasteiger partial charge in [-0.3, -0.25) is 15.0 Å². The Morgan fingerprint density at radius 2 is 1.81 bits per heavy atom. The maximum atomic E-state index is 13.2. The minimum Gasteiger partial charge on any atom is -0.379 e. The van der Waals surface area contributed by atoms with Gasteiger partial charge in [-0.25, -0.2) is 15.4 Å². The number of carbonyl (C=O) groups excluding carboxylic acids is 2. The zero-order valence-electron chi connectivity index (χ0n) is 19.3. The first-order chi connectivity index (χ1) is 16.9. The summed E-state index contributed by atoms with van der Waals surface area (Å²) in [7, 11) is 0. The summed E-state index contributed by atoms with van der Waals surface area (Å²) >= 11 is 0. The summed E-state index contributed by atoms with van der Waals surface area (Å²) in [6.45, 7) is 2.96. The average Bonchev–Trinajstić information content (AvgIpc) is 2.80. The molecule has 2 saturated heterocycles. The van der Waals surface area contributed by atoms with Gasteiger partial charge in [0.05, 0.1) is 25.2 Å². The van der Waals surface area contributed by atoms with Crippen LogP contribution in [0.5, 0.6) is 0 Å². The van der Waals surface area contributed by atoms with E-state index in [-0.39, 0.29) is 38.0 Å². The van der Waals surface area contributed by atoms with Gasteiger partial charge in [0.2, 0.25) is 17.8 Å². The molecule has 36 heavy (non-hydrogen) atoms. The number of hydrazine groups is 1. The van der Waals surface area contributed by atoms with Crippen molar-refractivity contribution in [2.45, 2.75) is 37.8 Å². The molecular weight excluding hydrogens is 500 g/mol. The van der Waals surface area contributed by atoms with E-state index in [1.165, 1.54) is 0 Å². The summed E-state index contributed by atoms with van der Waals surface area (Å²) in [4.78, 5) is 34.8. The maximum Gasteiger partial charge on any atom is 0.419 e. The van der Waals surface area contributed by atoms with Crippen LogP contribution in [0.1, 0.15) is 18.9 Å². The second kappa shape index (κ2) is 11.6. The normalized spacial score (nSPS) is 22.4. The Morgan fingerprint density at radius 1 is 1.17 bits per heavy atom. The molecule has 3 heterocycles. The number of alkyl halides is 6. The summed E-state index contributed by atoms with van der Waals surface area (Å²) in [6.07, 6.45) is -7.72. The molecule has 202 valence electrons. The van der Waals surface area contributed by atoms with E-state index in [0.717, 1.165) is 12.4 Å². The van der Waals surface area contributed by atoms with Crippen LogP contribution in [0.4, 0.5) is 32.3 Å². The van der Waals surface area contributed by atoms with Crippen molar-refractivity contribution in [2.75, 3.05) is 50.8 Å². The lowest BCUT2D eigenvalue weighted by Gasteiger charge is -2.35. The molecule has 2 aliphatic rings.